The molecule has 2 rings (SSSR count). The van der Waals surface area contributed by atoms with Crippen molar-refractivity contribution in [2.24, 2.45) is 0 Å². The molecule has 0 aliphatic heterocycles. The maximum Gasteiger partial charge on any atom is 0.0615 e. The second kappa shape index (κ2) is 4.84. The molecule has 0 bridgehead atoms. The molecule has 1 aliphatic carbocycles. The van der Waals surface area contributed by atoms with E-state index in [1.807, 2.05) is 0 Å². The highest BCUT2D eigenvalue weighted by molar-refractivity contribution is 5.34. The number of rotatable bonds is 2. The molecular weight excluding hydrogens is 196 g/mol. The molecule has 86 valence electrons. The van der Waals surface area contributed by atoms with E-state index in [0.717, 1.165) is 19.3 Å². The third kappa shape index (κ3) is 2.35. The summed E-state index contributed by atoms with van der Waals surface area (Å²) in [7, 11) is 0. The first-order chi connectivity index (χ1) is 7.68. The Hall–Kier alpha value is -1.08. The summed E-state index contributed by atoms with van der Waals surface area (Å²) in [6.45, 7) is 4.22. The molecule has 0 amide bonds. The van der Waals surface area contributed by atoms with E-state index in [4.69, 9.17) is 0 Å². The van der Waals surface area contributed by atoms with Crippen LogP contribution in [0.15, 0.2) is 35.9 Å². The summed E-state index contributed by atoms with van der Waals surface area (Å²) in [5.41, 5.74) is 4.09. The summed E-state index contributed by atoms with van der Waals surface area (Å²) in [5, 5.41) is 10.1. The summed E-state index contributed by atoms with van der Waals surface area (Å²) < 4.78 is 0. The Morgan fingerprint density at radius 2 is 2.12 bits per heavy atom. The molecule has 0 radical (unpaired) electrons. The first kappa shape index (κ1) is 11.4. The SMILES string of the molecule is CC(C)=CC[C@H]1c2ccccc2CC[C@H]1O. The number of fused-ring (bicyclic) bond motifs is 1. The largest absolute Gasteiger partial charge is 0.392 e. The third-order valence-corrected chi connectivity index (χ3v) is 3.41. The Morgan fingerprint density at radius 1 is 1.38 bits per heavy atom. The predicted molar refractivity (Wildman–Crippen MR) is 67.6 cm³/mol. The molecule has 1 aromatic rings. The van der Waals surface area contributed by atoms with Crippen LogP contribution in [0.3, 0.4) is 0 Å². The molecule has 0 aromatic heterocycles. The summed E-state index contributed by atoms with van der Waals surface area (Å²) in [6.07, 6.45) is 4.93. The number of allylic oxidation sites excluding steroid dienone is 2. The van der Waals surface area contributed by atoms with Crippen molar-refractivity contribution >= 4 is 0 Å². The van der Waals surface area contributed by atoms with Gasteiger partial charge in [0.25, 0.3) is 0 Å². The van der Waals surface area contributed by atoms with Crippen LogP contribution in [-0.4, -0.2) is 11.2 Å². The number of aliphatic hydroxyl groups excluding tert-OH is 1. The molecule has 0 spiro atoms. The minimum absolute atomic E-state index is 0.175. The monoisotopic (exact) mass is 216 g/mol. The molecule has 16 heavy (non-hydrogen) atoms. The van der Waals surface area contributed by atoms with Gasteiger partial charge in [0.1, 0.15) is 0 Å². The standard InChI is InChI=1S/C15H20O/c1-11(2)7-9-14-13-6-4-3-5-12(13)8-10-15(14)16/h3-7,14-16H,8-10H2,1-2H3/t14-,15+/m0/s1. The number of hydrogen-bond acceptors (Lipinski definition) is 1. The Morgan fingerprint density at radius 3 is 2.88 bits per heavy atom. The van der Waals surface area contributed by atoms with Crippen molar-refractivity contribution in [2.75, 3.05) is 0 Å². The van der Waals surface area contributed by atoms with Crippen molar-refractivity contribution in [1.29, 1.82) is 0 Å². The minimum Gasteiger partial charge on any atom is -0.392 e. The second-order valence-corrected chi connectivity index (χ2v) is 4.93. The first-order valence-electron chi connectivity index (χ1n) is 6.07. The van der Waals surface area contributed by atoms with Gasteiger partial charge in [0.15, 0.2) is 0 Å². The molecule has 0 unspecified atom stereocenters. The fraction of sp³-hybridized carbons (Fsp3) is 0.467. The molecular formula is C15H20O. The van der Waals surface area contributed by atoms with E-state index in [1.165, 1.54) is 16.7 Å². The van der Waals surface area contributed by atoms with Gasteiger partial charge >= 0.3 is 0 Å². The van der Waals surface area contributed by atoms with Gasteiger partial charge in [-0.05, 0) is 44.2 Å². The van der Waals surface area contributed by atoms with Gasteiger partial charge in [0.05, 0.1) is 6.10 Å². The van der Waals surface area contributed by atoms with Crippen LogP contribution in [0.1, 0.15) is 43.7 Å². The van der Waals surface area contributed by atoms with Crippen LogP contribution >= 0.6 is 0 Å². The Labute approximate surface area is 97.8 Å². The number of hydrogen-bond donors (Lipinski definition) is 1. The van der Waals surface area contributed by atoms with E-state index < -0.39 is 0 Å². The van der Waals surface area contributed by atoms with Gasteiger partial charge in [-0.2, -0.15) is 0 Å². The van der Waals surface area contributed by atoms with Crippen LogP contribution in [-0.2, 0) is 6.42 Å². The fourth-order valence-electron chi connectivity index (χ4n) is 2.48. The van der Waals surface area contributed by atoms with Gasteiger partial charge in [-0.1, -0.05) is 35.9 Å². The van der Waals surface area contributed by atoms with Crippen molar-refractivity contribution < 1.29 is 5.11 Å². The maximum absolute atomic E-state index is 10.1. The van der Waals surface area contributed by atoms with E-state index in [0.29, 0.717) is 5.92 Å². The molecule has 0 saturated carbocycles. The summed E-state index contributed by atoms with van der Waals surface area (Å²) >= 11 is 0. The third-order valence-electron chi connectivity index (χ3n) is 3.41. The first-order valence-corrected chi connectivity index (χ1v) is 6.07. The molecule has 1 aromatic carbocycles. The van der Waals surface area contributed by atoms with Gasteiger partial charge in [0, 0.05) is 5.92 Å². The van der Waals surface area contributed by atoms with Gasteiger partial charge in [-0.3, -0.25) is 0 Å². The number of aryl methyl sites for hydroxylation is 1. The van der Waals surface area contributed by atoms with Crippen molar-refractivity contribution in [3.63, 3.8) is 0 Å². The molecule has 1 aliphatic rings. The van der Waals surface area contributed by atoms with Crippen LogP contribution in [0.4, 0.5) is 0 Å². The second-order valence-electron chi connectivity index (χ2n) is 4.93. The zero-order chi connectivity index (χ0) is 11.5. The average molecular weight is 216 g/mol. The lowest BCUT2D eigenvalue weighted by Crippen LogP contribution is -2.24. The molecule has 1 heteroatoms. The molecule has 2 atom stereocenters. The van der Waals surface area contributed by atoms with Crippen LogP contribution in [0.5, 0.6) is 0 Å². The lowest BCUT2D eigenvalue weighted by molar-refractivity contribution is 0.126. The molecule has 0 saturated heterocycles. The normalized spacial score (nSPS) is 23.7. The van der Waals surface area contributed by atoms with Crippen LogP contribution in [0.2, 0.25) is 0 Å². The van der Waals surface area contributed by atoms with E-state index >= 15 is 0 Å². The summed E-state index contributed by atoms with van der Waals surface area (Å²) in [4.78, 5) is 0. The fourth-order valence-corrected chi connectivity index (χ4v) is 2.48. The van der Waals surface area contributed by atoms with Gasteiger partial charge in [-0.15, -0.1) is 0 Å². The van der Waals surface area contributed by atoms with Crippen molar-refractivity contribution in [3.8, 4) is 0 Å². The van der Waals surface area contributed by atoms with Crippen LogP contribution < -0.4 is 0 Å². The van der Waals surface area contributed by atoms with Crippen LogP contribution in [0.25, 0.3) is 0 Å². The van der Waals surface area contributed by atoms with E-state index in [2.05, 4.69) is 44.2 Å². The minimum atomic E-state index is -0.175. The average Bonchev–Trinajstić information content (AvgIpc) is 2.27. The van der Waals surface area contributed by atoms with Gasteiger partial charge in [-0.25, -0.2) is 0 Å². The zero-order valence-corrected chi connectivity index (χ0v) is 10.1. The highest BCUT2D eigenvalue weighted by atomic mass is 16.3. The smallest absolute Gasteiger partial charge is 0.0615 e. The summed E-state index contributed by atoms with van der Waals surface area (Å²) in [5.74, 6) is 0.292. The van der Waals surface area contributed by atoms with E-state index in [-0.39, 0.29) is 6.10 Å². The Kier molecular flexibility index (Phi) is 3.45. The molecule has 1 nitrogen and oxygen atoms in total. The Balaban J connectivity index is 2.26. The highest BCUT2D eigenvalue weighted by Crippen LogP contribution is 2.34. The lowest BCUT2D eigenvalue weighted by atomic mass is 9.79. The van der Waals surface area contributed by atoms with Crippen molar-refractivity contribution in [2.45, 2.75) is 45.1 Å². The molecule has 0 heterocycles. The topological polar surface area (TPSA) is 20.2 Å². The number of aliphatic hydroxyl groups is 1. The Bertz CT molecular complexity index is 388. The van der Waals surface area contributed by atoms with Gasteiger partial charge in [0.2, 0.25) is 0 Å². The number of benzene rings is 1. The summed E-state index contributed by atoms with van der Waals surface area (Å²) in [6, 6.07) is 8.53. The maximum atomic E-state index is 10.1. The highest BCUT2D eigenvalue weighted by Gasteiger charge is 2.26. The van der Waals surface area contributed by atoms with Crippen molar-refractivity contribution in [1.82, 2.24) is 0 Å². The molecule has 0 fully saturated rings. The van der Waals surface area contributed by atoms with E-state index in [1.54, 1.807) is 0 Å². The van der Waals surface area contributed by atoms with Crippen molar-refractivity contribution in [3.05, 3.63) is 47.0 Å². The lowest BCUT2D eigenvalue weighted by Gasteiger charge is -2.29. The zero-order valence-electron chi connectivity index (χ0n) is 10.1. The van der Waals surface area contributed by atoms with E-state index in [9.17, 15) is 5.11 Å². The quantitative estimate of drug-likeness (QED) is 0.751. The predicted octanol–water partition coefficient (Wildman–Crippen LogP) is 3.43. The van der Waals surface area contributed by atoms with Gasteiger partial charge < -0.3 is 5.11 Å². The molecule has 1 N–H and O–H groups in total. The van der Waals surface area contributed by atoms with Crippen LogP contribution in [0, 0.1) is 0 Å².